The first-order chi connectivity index (χ1) is 9.42. The third-order valence-corrected chi connectivity index (χ3v) is 3.19. The number of aromatic amines is 1. The number of carbonyl (C=O) groups excluding carboxylic acids is 1. The van der Waals surface area contributed by atoms with Crippen molar-refractivity contribution < 1.29 is 9.53 Å². The van der Waals surface area contributed by atoms with Crippen molar-refractivity contribution in [1.29, 1.82) is 0 Å². The van der Waals surface area contributed by atoms with Gasteiger partial charge in [-0.3, -0.25) is 4.79 Å². The largest absolute Gasteiger partial charge is 0.497 e. The maximum absolute atomic E-state index is 12.2. The van der Waals surface area contributed by atoms with E-state index in [4.69, 9.17) is 4.74 Å². The van der Waals surface area contributed by atoms with Crippen molar-refractivity contribution in [1.82, 2.24) is 15.3 Å². The summed E-state index contributed by atoms with van der Waals surface area (Å²) in [5.74, 6) is 1.34. The predicted molar refractivity (Wildman–Crippen MR) is 76.8 cm³/mol. The molecule has 1 amide bonds. The first kappa shape index (κ1) is 14.1. The average Bonchev–Trinajstić information content (AvgIpc) is 2.85. The van der Waals surface area contributed by atoms with Crippen LogP contribution >= 0.6 is 0 Å². The number of hydrogen-bond acceptors (Lipinski definition) is 3. The summed E-state index contributed by atoms with van der Waals surface area (Å²) < 4.78 is 5.13. The molecule has 0 spiro atoms. The van der Waals surface area contributed by atoms with E-state index in [1.165, 1.54) is 6.20 Å². The number of nitrogens with zero attached hydrogens (tertiary/aromatic N) is 1. The zero-order valence-electron chi connectivity index (χ0n) is 12.2. The van der Waals surface area contributed by atoms with E-state index in [-0.39, 0.29) is 5.91 Å². The summed E-state index contributed by atoms with van der Waals surface area (Å²) in [5.41, 5.74) is 0.981. The Balaban J connectivity index is 2.15. The minimum atomic E-state index is -0.484. The Morgan fingerprint density at radius 2 is 1.95 bits per heavy atom. The summed E-state index contributed by atoms with van der Waals surface area (Å²) >= 11 is 0. The van der Waals surface area contributed by atoms with E-state index in [1.54, 1.807) is 7.11 Å². The first-order valence-electron chi connectivity index (χ1n) is 6.41. The minimum Gasteiger partial charge on any atom is -0.497 e. The van der Waals surface area contributed by atoms with Crippen LogP contribution in [0.15, 0.2) is 30.5 Å². The summed E-state index contributed by atoms with van der Waals surface area (Å²) in [6.45, 7) is 5.72. The SMILES string of the molecule is COc1ccc(C(C)(C)NC(=O)c2cnc(C)[nH]2)cc1. The molecule has 0 fully saturated rings. The molecule has 5 nitrogen and oxygen atoms in total. The van der Waals surface area contributed by atoms with Crippen molar-refractivity contribution in [2.24, 2.45) is 0 Å². The zero-order valence-corrected chi connectivity index (χ0v) is 12.2. The van der Waals surface area contributed by atoms with Crippen molar-refractivity contribution >= 4 is 5.91 Å². The number of rotatable bonds is 4. The van der Waals surface area contributed by atoms with Gasteiger partial charge in [-0.05, 0) is 38.5 Å². The highest BCUT2D eigenvalue weighted by Crippen LogP contribution is 2.23. The molecule has 20 heavy (non-hydrogen) atoms. The Morgan fingerprint density at radius 1 is 1.30 bits per heavy atom. The van der Waals surface area contributed by atoms with Crippen LogP contribution in [0.1, 0.15) is 35.7 Å². The summed E-state index contributed by atoms with van der Waals surface area (Å²) in [7, 11) is 1.63. The van der Waals surface area contributed by atoms with Crippen LogP contribution in [0.5, 0.6) is 5.75 Å². The lowest BCUT2D eigenvalue weighted by molar-refractivity contribution is 0.0907. The normalized spacial score (nSPS) is 11.2. The summed E-state index contributed by atoms with van der Waals surface area (Å²) in [6.07, 6.45) is 1.54. The lowest BCUT2D eigenvalue weighted by Gasteiger charge is -2.26. The van der Waals surface area contributed by atoms with Crippen molar-refractivity contribution in [3.63, 3.8) is 0 Å². The molecule has 0 aliphatic carbocycles. The second-order valence-corrected chi connectivity index (χ2v) is 5.19. The number of amides is 1. The van der Waals surface area contributed by atoms with Crippen LogP contribution in [-0.2, 0) is 5.54 Å². The smallest absolute Gasteiger partial charge is 0.270 e. The van der Waals surface area contributed by atoms with Crippen LogP contribution in [0.3, 0.4) is 0 Å². The summed E-state index contributed by atoms with van der Waals surface area (Å²) in [6, 6.07) is 7.64. The molecule has 2 rings (SSSR count). The molecular weight excluding hydrogens is 254 g/mol. The number of ether oxygens (including phenoxy) is 1. The summed E-state index contributed by atoms with van der Waals surface area (Å²) in [5, 5.41) is 2.99. The topological polar surface area (TPSA) is 67.0 Å². The molecule has 0 aliphatic heterocycles. The van der Waals surface area contributed by atoms with E-state index < -0.39 is 5.54 Å². The standard InChI is InChI=1S/C15H19N3O2/c1-10-16-9-13(17-10)14(19)18-15(2,3)11-5-7-12(20-4)8-6-11/h5-9H,1-4H3,(H,16,17)(H,18,19). The van der Waals surface area contributed by atoms with Crippen LogP contribution < -0.4 is 10.1 Å². The number of imidazole rings is 1. The van der Waals surface area contributed by atoms with E-state index in [0.717, 1.165) is 17.1 Å². The van der Waals surface area contributed by atoms with Gasteiger partial charge in [-0.15, -0.1) is 0 Å². The number of methoxy groups -OCH3 is 1. The molecule has 0 saturated heterocycles. The van der Waals surface area contributed by atoms with Gasteiger partial charge in [0.2, 0.25) is 0 Å². The maximum Gasteiger partial charge on any atom is 0.270 e. The Morgan fingerprint density at radius 3 is 2.45 bits per heavy atom. The third kappa shape index (κ3) is 2.99. The number of aromatic nitrogens is 2. The monoisotopic (exact) mass is 273 g/mol. The van der Waals surface area contributed by atoms with Gasteiger partial charge in [0.05, 0.1) is 18.8 Å². The number of nitrogens with one attached hydrogen (secondary N) is 2. The number of aryl methyl sites for hydroxylation is 1. The predicted octanol–water partition coefficient (Wildman–Crippen LogP) is 2.39. The molecule has 5 heteroatoms. The molecule has 1 aromatic heterocycles. The quantitative estimate of drug-likeness (QED) is 0.898. The Kier molecular flexibility index (Phi) is 3.79. The van der Waals surface area contributed by atoms with Gasteiger partial charge < -0.3 is 15.0 Å². The highest BCUT2D eigenvalue weighted by Gasteiger charge is 2.24. The highest BCUT2D eigenvalue weighted by atomic mass is 16.5. The van der Waals surface area contributed by atoms with Crippen LogP contribution in [-0.4, -0.2) is 23.0 Å². The zero-order chi connectivity index (χ0) is 14.8. The second kappa shape index (κ2) is 5.36. The molecule has 0 aliphatic rings. The van der Waals surface area contributed by atoms with Crippen LogP contribution in [0.4, 0.5) is 0 Å². The van der Waals surface area contributed by atoms with Gasteiger partial charge in [-0.2, -0.15) is 0 Å². The molecule has 2 N–H and O–H groups in total. The number of H-pyrrole nitrogens is 1. The Bertz CT molecular complexity index is 600. The molecule has 0 unspecified atom stereocenters. The lowest BCUT2D eigenvalue weighted by Crippen LogP contribution is -2.41. The van der Waals surface area contributed by atoms with Crippen LogP contribution in [0.25, 0.3) is 0 Å². The Hall–Kier alpha value is -2.30. The van der Waals surface area contributed by atoms with Gasteiger partial charge in [0.1, 0.15) is 17.3 Å². The van der Waals surface area contributed by atoms with Crippen LogP contribution in [0.2, 0.25) is 0 Å². The fourth-order valence-electron chi connectivity index (χ4n) is 1.97. The maximum atomic E-state index is 12.2. The van der Waals surface area contributed by atoms with Gasteiger partial charge in [-0.1, -0.05) is 12.1 Å². The fraction of sp³-hybridized carbons (Fsp3) is 0.333. The second-order valence-electron chi connectivity index (χ2n) is 5.19. The van der Waals surface area contributed by atoms with Crippen molar-refractivity contribution in [2.45, 2.75) is 26.3 Å². The third-order valence-electron chi connectivity index (χ3n) is 3.19. The average molecular weight is 273 g/mol. The molecule has 0 saturated carbocycles. The van der Waals surface area contributed by atoms with Gasteiger partial charge in [0, 0.05) is 0 Å². The van der Waals surface area contributed by atoms with E-state index in [2.05, 4.69) is 15.3 Å². The van der Waals surface area contributed by atoms with Crippen molar-refractivity contribution in [3.05, 3.63) is 47.5 Å². The number of benzene rings is 1. The van der Waals surface area contributed by atoms with Crippen LogP contribution in [0, 0.1) is 6.92 Å². The molecule has 0 radical (unpaired) electrons. The lowest BCUT2D eigenvalue weighted by atomic mass is 9.94. The first-order valence-corrected chi connectivity index (χ1v) is 6.41. The van der Waals surface area contributed by atoms with Gasteiger partial charge in [0.25, 0.3) is 5.91 Å². The van der Waals surface area contributed by atoms with Crippen molar-refractivity contribution in [3.8, 4) is 5.75 Å². The molecule has 1 aromatic carbocycles. The van der Waals surface area contributed by atoms with Gasteiger partial charge in [0.15, 0.2) is 0 Å². The fourth-order valence-corrected chi connectivity index (χ4v) is 1.97. The van der Waals surface area contributed by atoms with Crippen molar-refractivity contribution in [2.75, 3.05) is 7.11 Å². The number of carbonyl (C=O) groups is 1. The van der Waals surface area contributed by atoms with E-state index >= 15 is 0 Å². The molecular formula is C15H19N3O2. The Labute approximate surface area is 118 Å². The molecule has 1 heterocycles. The van der Waals surface area contributed by atoms with Gasteiger partial charge in [-0.25, -0.2) is 4.98 Å². The minimum absolute atomic E-state index is 0.175. The van der Waals surface area contributed by atoms with E-state index in [9.17, 15) is 4.79 Å². The molecule has 2 aromatic rings. The molecule has 0 atom stereocenters. The molecule has 106 valence electrons. The van der Waals surface area contributed by atoms with E-state index in [0.29, 0.717) is 5.69 Å². The summed E-state index contributed by atoms with van der Waals surface area (Å²) in [4.78, 5) is 19.1. The van der Waals surface area contributed by atoms with Gasteiger partial charge >= 0.3 is 0 Å². The molecule has 0 bridgehead atoms. The highest BCUT2D eigenvalue weighted by molar-refractivity contribution is 5.92. The number of hydrogen-bond donors (Lipinski definition) is 2. The van der Waals surface area contributed by atoms with E-state index in [1.807, 2.05) is 45.0 Å².